The Balaban J connectivity index is -0.000000846. The minimum Gasteiger partial charge on any atom is -0.550 e. The van der Waals surface area contributed by atoms with Crippen LogP contribution in [0.1, 0.15) is 142 Å². The molecule has 4 N–H and O–H groups in total. The van der Waals surface area contributed by atoms with Crippen LogP contribution in [0, 0.1) is 0 Å². The molecule has 0 saturated heterocycles. The SMILES string of the molecule is CCCCCCCC[N+](CCO)(CCCC(=O)[O-])CCCC(=O)O.CCCCCCCC[N+](CCO)(CCCC(=O)[O-])CCCC(=O)O.[Ca+2]. The molecule has 49 heavy (non-hydrogen) atoms. The van der Waals surface area contributed by atoms with Crippen LogP contribution in [0.3, 0.4) is 0 Å². The summed E-state index contributed by atoms with van der Waals surface area (Å²) in [5.41, 5.74) is 0. The largest absolute Gasteiger partial charge is 2.00 e. The Bertz CT molecular complexity index is 726. The quantitative estimate of drug-likeness (QED) is 0.0434. The van der Waals surface area contributed by atoms with Crippen molar-refractivity contribution in [1.29, 1.82) is 0 Å². The van der Waals surface area contributed by atoms with E-state index in [1.54, 1.807) is 0 Å². The van der Waals surface area contributed by atoms with Gasteiger partial charge in [0.05, 0.1) is 65.3 Å². The van der Waals surface area contributed by atoms with Gasteiger partial charge in [0.15, 0.2) is 0 Å². The van der Waals surface area contributed by atoms with Crippen LogP contribution in [0.15, 0.2) is 0 Å². The first-order chi connectivity index (χ1) is 22.9. The standard InChI is InChI=1S/2C18H35NO5.Ca/c2*1-2-3-4-5-6-7-12-19(15-16-20,13-8-10-17(21)22)14-9-11-18(23)24;/h2*20H,2-16H2,1H3,(H-,21,22,23,24);/q;;+2. The fraction of sp³-hybridized carbons (Fsp3) is 0.889. The molecule has 0 fully saturated rings. The number of carboxylic acids is 4. The molecule has 0 bridgehead atoms. The van der Waals surface area contributed by atoms with Gasteiger partial charge in [0.1, 0.15) is 13.1 Å². The molecule has 0 aromatic heterocycles. The third kappa shape index (κ3) is 33.9. The maximum Gasteiger partial charge on any atom is 2.00 e. The molecular weight excluding hydrogens is 660 g/mol. The van der Waals surface area contributed by atoms with Crippen LogP contribution in [0.2, 0.25) is 0 Å². The number of carbonyl (C=O) groups is 4. The number of hydrogen-bond donors (Lipinski definition) is 4. The predicted molar refractivity (Wildman–Crippen MR) is 188 cm³/mol. The third-order valence-corrected chi connectivity index (χ3v) is 9.19. The summed E-state index contributed by atoms with van der Waals surface area (Å²) in [6.45, 7) is 9.96. The van der Waals surface area contributed by atoms with Crippen LogP contribution >= 0.6 is 0 Å². The topological polar surface area (TPSA) is 195 Å². The Hall–Kier alpha value is -1.02. The van der Waals surface area contributed by atoms with Gasteiger partial charge in [0.25, 0.3) is 0 Å². The molecule has 0 aromatic carbocycles. The molecular formula is C36H70CaN2O10+2. The Morgan fingerprint density at radius 2 is 0.694 bits per heavy atom. The Morgan fingerprint density at radius 3 is 0.959 bits per heavy atom. The summed E-state index contributed by atoms with van der Waals surface area (Å²) >= 11 is 0. The fourth-order valence-electron chi connectivity index (χ4n) is 6.47. The number of unbranched alkanes of at least 4 members (excludes halogenated alkanes) is 10. The van der Waals surface area contributed by atoms with E-state index in [4.69, 9.17) is 10.2 Å². The van der Waals surface area contributed by atoms with Crippen molar-refractivity contribution in [3.8, 4) is 0 Å². The van der Waals surface area contributed by atoms with Gasteiger partial charge < -0.3 is 49.2 Å². The monoisotopic (exact) mass is 730 g/mol. The van der Waals surface area contributed by atoms with Crippen molar-refractivity contribution < 1.29 is 58.8 Å². The van der Waals surface area contributed by atoms with Crippen LogP contribution in [0.4, 0.5) is 0 Å². The van der Waals surface area contributed by atoms with Crippen LogP contribution < -0.4 is 10.2 Å². The van der Waals surface area contributed by atoms with Crippen molar-refractivity contribution in [2.75, 3.05) is 65.6 Å². The molecule has 12 nitrogen and oxygen atoms in total. The minimum absolute atomic E-state index is 0. The molecule has 0 amide bonds. The van der Waals surface area contributed by atoms with E-state index in [-0.39, 0.29) is 76.6 Å². The first-order valence-corrected chi connectivity index (χ1v) is 18.7. The van der Waals surface area contributed by atoms with E-state index < -0.39 is 23.9 Å². The number of aliphatic hydroxyl groups is 2. The molecule has 0 aliphatic rings. The van der Waals surface area contributed by atoms with Crippen molar-refractivity contribution in [3.63, 3.8) is 0 Å². The van der Waals surface area contributed by atoms with Gasteiger partial charge in [-0.1, -0.05) is 65.2 Å². The number of carbonyl (C=O) groups excluding carboxylic acids is 2. The maximum atomic E-state index is 10.8. The van der Waals surface area contributed by atoms with E-state index in [1.165, 1.54) is 51.4 Å². The summed E-state index contributed by atoms with van der Waals surface area (Å²) in [6.07, 6.45) is 16.5. The van der Waals surface area contributed by atoms with E-state index >= 15 is 0 Å². The van der Waals surface area contributed by atoms with Gasteiger partial charge in [-0.2, -0.15) is 0 Å². The van der Waals surface area contributed by atoms with Crippen molar-refractivity contribution in [2.45, 2.75) is 142 Å². The molecule has 0 aromatic rings. The second-order valence-corrected chi connectivity index (χ2v) is 13.4. The van der Waals surface area contributed by atoms with Gasteiger partial charge in [-0.05, 0) is 38.5 Å². The molecule has 2 atom stereocenters. The van der Waals surface area contributed by atoms with E-state index in [0.717, 1.165) is 38.8 Å². The van der Waals surface area contributed by atoms with Crippen molar-refractivity contribution >= 4 is 61.6 Å². The Labute approximate surface area is 326 Å². The number of rotatable bonds is 34. The molecule has 0 aliphatic heterocycles. The number of nitrogens with zero attached hydrogens (tertiary/aromatic N) is 2. The average molecular weight is 731 g/mol. The smallest absolute Gasteiger partial charge is 0.550 e. The predicted octanol–water partition coefficient (Wildman–Crippen LogP) is 2.72. The first-order valence-electron chi connectivity index (χ1n) is 18.7. The number of hydrogen-bond acceptors (Lipinski definition) is 8. The van der Waals surface area contributed by atoms with Gasteiger partial charge in [0, 0.05) is 37.6 Å². The zero-order valence-electron chi connectivity index (χ0n) is 31.1. The van der Waals surface area contributed by atoms with Gasteiger partial charge in [0.2, 0.25) is 0 Å². The Morgan fingerprint density at radius 1 is 0.429 bits per heavy atom. The Kier molecular flexibility index (Phi) is 37.8. The summed E-state index contributed by atoms with van der Waals surface area (Å²) in [5.74, 6) is -3.73. The van der Waals surface area contributed by atoms with Gasteiger partial charge >= 0.3 is 49.7 Å². The molecule has 13 heteroatoms. The van der Waals surface area contributed by atoms with Gasteiger partial charge in [-0.25, -0.2) is 0 Å². The molecule has 284 valence electrons. The summed E-state index contributed by atoms with van der Waals surface area (Å²) < 4.78 is 1.23. The van der Waals surface area contributed by atoms with E-state index in [2.05, 4.69) is 13.8 Å². The molecule has 0 heterocycles. The zero-order chi connectivity index (χ0) is 36.5. The molecule has 0 rings (SSSR count). The number of aliphatic carboxylic acids is 4. The molecule has 0 aliphatic carbocycles. The van der Waals surface area contributed by atoms with Crippen LogP contribution in [-0.4, -0.2) is 157 Å². The summed E-state index contributed by atoms with van der Waals surface area (Å²) in [5, 5.41) is 57.9. The third-order valence-electron chi connectivity index (χ3n) is 9.19. The number of quaternary nitrogens is 2. The van der Waals surface area contributed by atoms with Crippen LogP contribution in [0.5, 0.6) is 0 Å². The molecule has 0 spiro atoms. The maximum absolute atomic E-state index is 10.8. The molecule has 0 radical (unpaired) electrons. The van der Waals surface area contributed by atoms with Crippen LogP contribution in [0.25, 0.3) is 0 Å². The van der Waals surface area contributed by atoms with Crippen molar-refractivity contribution in [2.24, 2.45) is 0 Å². The minimum atomic E-state index is -1.05. The summed E-state index contributed by atoms with van der Waals surface area (Å²) in [4.78, 5) is 42.9. The zero-order valence-corrected chi connectivity index (χ0v) is 33.3. The molecule has 0 saturated carbocycles. The van der Waals surface area contributed by atoms with E-state index in [1.807, 2.05) is 0 Å². The summed E-state index contributed by atoms with van der Waals surface area (Å²) in [6, 6.07) is 0. The van der Waals surface area contributed by atoms with Crippen molar-refractivity contribution in [1.82, 2.24) is 0 Å². The van der Waals surface area contributed by atoms with Gasteiger partial charge in [-0.15, -0.1) is 0 Å². The second-order valence-electron chi connectivity index (χ2n) is 13.4. The van der Waals surface area contributed by atoms with Gasteiger partial charge in [-0.3, -0.25) is 9.59 Å². The van der Waals surface area contributed by atoms with E-state index in [9.17, 15) is 39.6 Å². The number of aliphatic hydroxyl groups excluding tert-OH is 2. The van der Waals surface area contributed by atoms with Crippen LogP contribution in [-0.2, 0) is 19.2 Å². The summed E-state index contributed by atoms with van der Waals surface area (Å²) in [7, 11) is 0. The fourth-order valence-corrected chi connectivity index (χ4v) is 6.47. The normalized spacial score (nSPS) is 13.3. The average Bonchev–Trinajstić information content (AvgIpc) is 3.00. The second kappa shape index (κ2) is 35.4. The first kappa shape index (κ1) is 52.3. The number of carboxylic acid groups (broad SMARTS) is 4. The molecule has 2 unspecified atom stereocenters. The van der Waals surface area contributed by atoms with E-state index in [0.29, 0.717) is 73.9 Å². The van der Waals surface area contributed by atoms with Crippen molar-refractivity contribution in [3.05, 3.63) is 0 Å².